The molecule has 4 aliphatic rings. The van der Waals surface area contributed by atoms with Gasteiger partial charge in [-0.1, -0.05) is 31.6 Å². The van der Waals surface area contributed by atoms with Gasteiger partial charge >= 0.3 is 18.3 Å². The Kier molecular flexibility index (Phi) is 12.7. The molecule has 0 amide bonds. The van der Waals surface area contributed by atoms with Gasteiger partial charge in [-0.05, 0) is 99.6 Å². The Balaban J connectivity index is 1.24. The monoisotopic (exact) mass is 769 g/mol. The third kappa shape index (κ3) is 8.53. The van der Waals surface area contributed by atoms with E-state index in [9.17, 15) is 39.2 Å². The molecular weight excluding hydrogens is 722 g/mol. The van der Waals surface area contributed by atoms with Crippen LogP contribution in [0.15, 0.2) is 48.1 Å². The Hall–Kier alpha value is -5.25. The molecule has 1 aromatic rings. The highest BCUT2D eigenvalue weighted by atomic mass is 16.9. The van der Waals surface area contributed by atoms with E-state index in [0.29, 0.717) is 37.7 Å². The molecule has 4 aliphatic carbocycles. The first-order valence-electron chi connectivity index (χ1n) is 18.3. The van der Waals surface area contributed by atoms with E-state index in [1.54, 1.807) is 19.1 Å². The van der Waals surface area contributed by atoms with Gasteiger partial charge in [-0.2, -0.15) is 0 Å². The second-order valence-electron chi connectivity index (χ2n) is 14.6. The van der Waals surface area contributed by atoms with Gasteiger partial charge in [0, 0.05) is 22.8 Å². The number of ether oxygens (including phenoxy) is 6. The molecule has 0 saturated heterocycles. The van der Waals surface area contributed by atoms with E-state index < -0.39 is 58.3 Å². The molecule has 0 heterocycles. The van der Waals surface area contributed by atoms with Crippen LogP contribution in [0.5, 0.6) is 11.5 Å². The number of aliphatic hydroxyl groups is 1. The number of unbranched alkanes of at least 4 members (excludes halogenated alkanes) is 1. The lowest BCUT2D eigenvalue weighted by Gasteiger charge is -2.59. The number of hydrogen-bond donors (Lipinski definition) is 1. The lowest BCUT2D eigenvalue weighted by molar-refractivity contribution is -0.757. The predicted molar refractivity (Wildman–Crippen MR) is 191 cm³/mol. The zero-order valence-corrected chi connectivity index (χ0v) is 31.3. The lowest BCUT2D eigenvalue weighted by atomic mass is 9.46. The summed E-state index contributed by atoms with van der Waals surface area (Å²) in [5, 5.41) is 21.1. The molecular formula is C39H47NO15. The van der Waals surface area contributed by atoms with E-state index in [0.717, 1.165) is 5.57 Å². The number of ketones is 2. The highest BCUT2D eigenvalue weighted by molar-refractivity contribution is 6.01. The summed E-state index contributed by atoms with van der Waals surface area (Å²) in [4.78, 5) is 78.7. The van der Waals surface area contributed by atoms with Crippen molar-refractivity contribution in [2.45, 2.75) is 77.4 Å². The first kappa shape index (κ1) is 40.9. The Labute approximate surface area is 317 Å². The maximum Gasteiger partial charge on any atom is 0.514 e. The van der Waals surface area contributed by atoms with E-state index in [1.807, 2.05) is 19.9 Å². The standard InChI is InChI=1S/C39H47NO15/c1-5-50-36(46)55-39(17-15-28-27-11-10-25-21-26(41)14-16-37(25,2)34(27)29(42)22-38(28,39)3)32(43)23-52-35(45)54-30-12-8-24(20-31(30)49-4)9-13-33(44)51-18-6-7-19-53-40(47)48/h8-9,12-14,16,20-21,27-29,34,42H,5-7,10-11,15,17-19,22-23H2,1-4H3/t27-,28-,29-,34+,37-,38-,39-/m0/s1. The van der Waals surface area contributed by atoms with Gasteiger partial charge in [-0.3, -0.25) is 9.59 Å². The number of rotatable bonds is 15. The first-order chi connectivity index (χ1) is 26.2. The van der Waals surface area contributed by atoms with Crippen molar-refractivity contribution in [3.05, 3.63) is 63.8 Å². The van der Waals surface area contributed by atoms with Crippen LogP contribution in [-0.2, 0) is 38.2 Å². The topological polar surface area (TPSA) is 213 Å². The number of carbonyl (C=O) groups is 5. The molecule has 7 atom stereocenters. The number of methoxy groups -OCH3 is 1. The molecule has 0 unspecified atom stereocenters. The number of benzene rings is 1. The molecule has 0 bridgehead atoms. The molecule has 3 fully saturated rings. The van der Waals surface area contributed by atoms with Crippen LogP contribution >= 0.6 is 0 Å². The van der Waals surface area contributed by atoms with Crippen LogP contribution in [0.25, 0.3) is 6.08 Å². The number of aliphatic hydroxyl groups excluding tert-OH is 1. The Morgan fingerprint density at radius 3 is 2.53 bits per heavy atom. The van der Waals surface area contributed by atoms with Crippen molar-refractivity contribution in [1.82, 2.24) is 0 Å². The SMILES string of the molecule is CCOC(=O)O[C@]1(C(=O)COC(=O)Oc2ccc(C=CC(=O)OCCCCO[N+](=O)[O-])cc2OC)CC[C@H]2[C@@H]3CCC4=CC(=O)C=C[C@]4(C)[C@H]3[C@@H](O)C[C@@]21C. The quantitative estimate of drug-likeness (QED) is 0.0443. The summed E-state index contributed by atoms with van der Waals surface area (Å²) in [6.45, 7) is 4.64. The number of nitrogens with zero attached hydrogens (tertiary/aromatic N) is 1. The summed E-state index contributed by atoms with van der Waals surface area (Å²) in [5.41, 5.74) is -1.87. The molecule has 298 valence electrons. The zero-order chi connectivity index (χ0) is 40.0. The number of carbonyl (C=O) groups excluding carboxylic acids is 5. The molecule has 16 heteroatoms. The summed E-state index contributed by atoms with van der Waals surface area (Å²) in [6.07, 6.45) is 7.35. The van der Waals surface area contributed by atoms with Gasteiger partial charge in [-0.15, -0.1) is 10.1 Å². The summed E-state index contributed by atoms with van der Waals surface area (Å²) >= 11 is 0. The molecule has 0 spiro atoms. The number of hydrogen-bond acceptors (Lipinski definition) is 15. The van der Waals surface area contributed by atoms with Gasteiger partial charge in [0.15, 0.2) is 29.5 Å². The van der Waals surface area contributed by atoms with Crippen LogP contribution in [0.4, 0.5) is 9.59 Å². The van der Waals surface area contributed by atoms with Crippen molar-refractivity contribution in [2.75, 3.05) is 33.5 Å². The van der Waals surface area contributed by atoms with Crippen LogP contribution in [0, 0.1) is 38.7 Å². The number of fused-ring (bicyclic) bond motifs is 5. The molecule has 0 aliphatic heterocycles. The highest BCUT2D eigenvalue weighted by Gasteiger charge is 2.70. The van der Waals surface area contributed by atoms with Crippen LogP contribution in [0.3, 0.4) is 0 Å². The molecule has 0 radical (unpaired) electrons. The third-order valence-electron chi connectivity index (χ3n) is 11.7. The van der Waals surface area contributed by atoms with Crippen LogP contribution in [0.2, 0.25) is 0 Å². The van der Waals surface area contributed by atoms with Gasteiger partial charge in [-0.25, -0.2) is 14.4 Å². The molecule has 1 aromatic carbocycles. The van der Waals surface area contributed by atoms with Gasteiger partial charge < -0.3 is 38.4 Å². The maximum absolute atomic E-state index is 14.2. The summed E-state index contributed by atoms with van der Waals surface area (Å²) in [7, 11) is 1.34. The molecule has 3 saturated carbocycles. The van der Waals surface area contributed by atoms with Crippen LogP contribution in [0.1, 0.15) is 71.3 Å². The fraction of sp³-hybridized carbons (Fsp3) is 0.564. The lowest BCUT2D eigenvalue weighted by Crippen LogP contribution is -2.63. The van der Waals surface area contributed by atoms with E-state index in [1.165, 1.54) is 37.5 Å². The predicted octanol–water partition coefficient (Wildman–Crippen LogP) is 5.52. The van der Waals surface area contributed by atoms with E-state index in [-0.39, 0.29) is 67.7 Å². The average Bonchev–Trinajstić information content (AvgIpc) is 3.43. The minimum absolute atomic E-state index is 0.00396. The van der Waals surface area contributed by atoms with Gasteiger partial charge in [0.05, 0.1) is 33.0 Å². The number of esters is 1. The summed E-state index contributed by atoms with van der Waals surface area (Å²) in [5.74, 6) is -1.74. The fourth-order valence-electron chi connectivity index (χ4n) is 9.25. The minimum atomic E-state index is -1.77. The van der Waals surface area contributed by atoms with Crippen LogP contribution < -0.4 is 9.47 Å². The Bertz CT molecular complexity index is 1770. The highest BCUT2D eigenvalue weighted by Crippen LogP contribution is 2.68. The van der Waals surface area contributed by atoms with Crippen LogP contribution in [-0.4, -0.2) is 85.3 Å². The molecule has 0 aromatic heterocycles. The van der Waals surface area contributed by atoms with Crippen molar-refractivity contribution in [3.63, 3.8) is 0 Å². The second-order valence-corrected chi connectivity index (χ2v) is 14.6. The van der Waals surface area contributed by atoms with Crippen molar-refractivity contribution in [3.8, 4) is 11.5 Å². The molecule has 55 heavy (non-hydrogen) atoms. The van der Waals surface area contributed by atoms with Gasteiger partial charge in [0.1, 0.15) is 0 Å². The van der Waals surface area contributed by atoms with E-state index in [2.05, 4.69) is 4.84 Å². The fourth-order valence-corrected chi connectivity index (χ4v) is 9.25. The minimum Gasteiger partial charge on any atom is -0.493 e. The molecule has 1 N–H and O–H groups in total. The number of Topliss-reactive ketones (excluding diaryl/α,β-unsaturated/α-hetero) is 1. The Morgan fingerprint density at radius 2 is 1.80 bits per heavy atom. The third-order valence-corrected chi connectivity index (χ3v) is 11.7. The normalized spacial score (nSPS) is 29.2. The first-order valence-corrected chi connectivity index (χ1v) is 18.3. The van der Waals surface area contributed by atoms with Gasteiger partial charge in [0.25, 0.3) is 5.09 Å². The van der Waals surface area contributed by atoms with E-state index in [4.69, 9.17) is 28.4 Å². The van der Waals surface area contributed by atoms with E-state index >= 15 is 0 Å². The average molecular weight is 770 g/mol. The van der Waals surface area contributed by atoms with Gasteiger partial charge in [0.2, 0.25) is 5.78 Å². The molecule has 16 nitrogen and oxygen atoms in total. The Morgan fingerprint density at radius 1 is 1.04 bits per heavy atom. The largest absolute Gasteiger partial charge is 0.514 e. The molecule has 5 rings (SSSR count). The number of allylic oxidation sites excluding steroid dienone is 4. The summed E-state index contributed by atoms with van der Waals surface area (Å²) in [6, 6.07) is 4.42. The van der Waals surface area contributed by atoms with Crippen molar-refractivity contribution in [1.29, 1.82) is 0 Å². The summed E-state index contributed by atoms with van der Waals surface area (Å²) < 4.78 is 32.1. The maximum atomic E-state index is 14.2. The smallest absolute Gasteiger partial charge is 0.493 e. The van der Waals surface area contributed by atoms with Crippen molar-refractivity contribution < 1.29 is 67.4 Å². The zero-order valence-electron chi connectivity index (χ0n) is 31.3. The van der Waals surface area contributed by atoms with Crippen molar-refractivity contribution >= 4 is 35.9 Å². The second kappa shape index (κ2) is 17.0. The van der Waals surface area contributed by atoms with Crippen molar-refractivity contribution in [2.24, 2.45) is 28.6 Å².